The Morgan fingerprint density at radius 3 is 2.28 bits per heavy atom. The summed E-state index contributed by atoms with van der Waals surface area (Å²) in [6.07, 6.45) is 4.95. The molecule has 3 amide bonds. The zero-order valence-electron chi connectivity index (χ0n) is 20.7. The van der Waals surface area contributed by atoms with Crippen molar-refractivity contribution in [1.82, 2.24) is 10.6 Å². The molecule has 194 valence electrons. The lowest BCUT2D eigenvalue weighted by atomic mass is 9.81. The molecule has 3 N–H and O–H groups in total. The quantitative estimate of drug-likeness (QED) is 0.378. The minimum absolute atomic E-state index is 0.0203. The van der Waals surface area contributed by atoms with Crippen LogP contribution >= 0.6 is 23.2 Å². The standard InChI is InChI=1S/C27H33Cl2N3O4/c1-18(31-26(35)27(12-3-4-13-27)14-15-30-23(33)17-36-2)16-19-8-10-20(11-9-19)32-25(34)24-21(28)6-5-7-22(24)29/h5-11,18H,3-4,12-17H2,1-2H3,(H,30,33)(H,31,35)(H,32,34). The molecule has 0 radical (unpaired) electrons. The normalized spacial score (nSPS) is 15.2. The van der Waals surface area contributed by atoms with Gasteiger partial charge in [-0.25, -0.2) is 0 Å². The Labute approximate surface area is 222 Å². The molecule has 0 saturated heterocycles. The van der Waals surface area contributed by atoms with E-state index >= 15 is 0 Å². The number of rotatable bonds is 11. The predicted octanol–water partition coefficient (Wildman–Crippen LogP) is 5.01. The number of carbonyl (C=O) groups excluding carboxylic acids is 3. The number of amides is 3. The lowest BCUT2D eigenvalue weighted by molar-refractivity contribution is -0.132. The van der Waals surface area contributed by atoms with Crippen molar-refractivity contribution in [2.24, 2.45) is 5.41 Å². The van der Waals surface area contributed by atoms with E-state index in [1.165, 1.54) is 7.11 Å². The van der Waals surface area contributed by atoms with Gasteiger partial charge in [-0.3, -0.25) is 14.4 Å². The molecular weight excluding hydrogens is 501 g/mol. The maximum atomic E-state index is 13.2. The van der Waals surface area contributed by atoms with Crippen molar-refractivity contribution in [1.29, 1.82) is 0 Å². The van der Waals surface area contributed by atoms with Gasteiger partial charge in [0, 0.05) is 25.4 Å². The average molecular weight is 534 g/mol. The second-order valence-electron chi connectivity index (χ2n) is 9.35. The van der Waals surface area contributed by atoms with E-state index in [1.54, 1.807) is 18.2 Å². The first-order chi connectivity index (χ1) is 17.2. The molecule has 9 heteroatoms. The highest BCUT2D eigenvalue weighted by molar-refractivity contribution is 6.40. The average Bonchev–Trinajstić information content (AvgIpc) is 3.30. The summed E-state index contributed by atoms with van der Waals surface area (Å²) in [4.78, 5) is 37.5. The van der Waals surface area contributed by atoms with Gasteiger partial charge in [0.2, 0.25) is 11.8 Å². The van der Waals surface area contributed by atoms with Crippen molar-refractivity contribution < 1.29 is 19.1 Å². The van der Waals surface area contributed by atoms with Crippen molar-refractivity contribution in [3.05, 3.63) is 63.6 Å². The van der Waals surface area contributed by atoms with Crippen LogP contribution in [0.4, 0.5) is 5.69 Å². The van der Waals surface area contributed by atoms with Gasteiger partial charge in [-0.1, -0.05) is 54.2 Å². The molecule has 1 fully saturated rings. The van der Waals surface area contributed by atoms with Crippen molar-refractivity contribution in [2.45, 2.75) is 51.5 Å². The molecule has 0 spiro atoms. The molecule has 36 heavy (non-hydrogen) atoms. The number of hydrogen-bond donors (Lipinski definition) is 3. The molecule has 3 rings (SSSR count). The van der Waals surface area contributed by atoms with E-state index < -0.39 is 5.41 Å². The maximum absolute atomic E-state index is 13.2. The van der Waals surface area contributed by atoms with Crippen LogP contribution in [0, 0.1) is 5.41 Å². The largest absolute Gasteiger partial charge is 0.375 e. The number of methoxy groups -OCH3 is 1. The number of nitrogens with one attached hydrogen (secondary N) is 3. The summed E-state index contributed by atoms with van der Waals surface area (Å²) >= 11 is 12.2. The lowest BCUT2D eigenvalue weighted by Crippen LogP contribution is -2.45. The van der Waals surface area contributed by atoms with Gasteiger partial charge in [-0.2, -0.15) is 0 Å². The van der Waals surface area contributed by atoms with Crippen LogP contribution in [0.3, 0.4) is 0 Å². The van der Waals surface area contributed by atoms with Crippen molar-refractivity contribution in [2.75, 3.05) is 25.6 Å². The van der Waals surface area contributed by atoms with E-state index in [0.29, 0.717) is 35.1 Å². The first-order valence-electron chi connectivity index (χ1n) is 12.1. The summed E-state index contributed by atoms with van der Waals surface area (Å²) in [5.74, 6) is -0.498. The number of anilines is 1. The highest BCUT2D eigenvalue weighted by Crippen LogP contribution is 2.41. The van der Waals surface area contributed by atoms with Gasteiger partial charge < -0.3 is 20.7 Å². The third-order valence-corrected chi connectivity index (χ3v) is 7.19. The molecule has 7 nitrogen and oxygen atoms in total. The second-order valence-corrected chi connectivity index (χ2v) is 10.2. The van der Waals surface area contributed by atoms with Crippen LogP contribution < -0.4 is 16.0 Å². The summed E-state index contributed by atoms with van der Waals surface area (Å²) in [7, 11) is 1.48. The second kappa shape index (κ2) is 13.1. The fourth-order valence-corrected chi connectivity index (χ4v) is 5.25. The Hall–Kier alpha value is -2.61. The molecule has 0 aromatic heterocycles. The number of hydrogen-bond acceptors (Lipinski definition) is 4. The highest BCUT2D eigenvalue weighted by Gasteiger charge is 2.41. The molecule has 0 aliphatic heterocycles. The minimum atomic E-state index is -0.442. The van der Waals surface area contributed by atoms with Gasteiger partial charge in [-0.15, -0.1) is 0 Å². The predicted molar refractivity (Wildman–Crippen MR) is 143 cm³/mol. The summed E-state index contributed by atoms with van der Waals surface area (Å²) in [6.45, 7) is 2.46. The molecule has 1 atom stereocenters. The zero-order chi connectivity index (χ0) is 26.1. The molecule has 0 heterocycles. The van der Waals surface area contributed by atoms with E-state index in [4.69, 9.17) is 27.9 Å². The first-order valence-corrected chi connectivity index (χ1v) is 12.9. The lowest BCUT2D eigenvalue weighted by Gasteiger charge is -2.29. The Morgan fingerprint density at radius 1 is 1.03 bits per heavy atom. The fraction of sp³-hybridized carbons (Fsp3) is 0.444. The topological polar surface area (TPSA) is 96.5 Å². The van der Waals surface area contributed by atoms with Gasteiger partial charge in [-0.05, 0) is 62.4 Å². The fourth-order valence-electron chi connectivity index (χ4n) is 4.68. The molecular formula is C27H33Cl2N3O4. The molecule has 1 unspecified atom stereocenters. The number of benzene rings is 2. The van der Waals surface area contributed by atoms with Gasteiger partial charge in [0.1, 0.15) is 6.61 Å². The summed E-state index contributed by atoms with van der Waals surface area (Å²) in [5, 5.41) is 9.41. The van der Waals surface area contributed by atoms with E-state index in [1.807, 2.05) is 31.2 Å². The number of carbonyl (C=O) groups is 3. The molecule has 1 saturated carbocycles. The number of halogens is 2. The monoisotopic (exact) mass is 533 g/mol. The van der Waals surface area contributed by atoms with Crippen LogP contribution in [0.25, 0.3) is 0 Å². The molecule has 0 bridgehead atoms. The Morgan fingerprint density at radius 2 is 1.67 bits per heavy atom. The van der Waals surface area contributed by atoms with Crippen LogP contribution in [0.15, 0.2) is 42.5 Å². The Kier molecular flexibility index (Phi) is 10.2. The Bertz CT molecular complexity index is 1050. The van der Waals surface area contributed by atoms with Crippen LogP contribution in [-0.4, -0.2) is 44.0 Å². The van der Waals surface area contributed by atoms with Crippen LogP contribution in [0.5, 0.6) is 0 Å². The van der Waals surface area contributed by atoms with Gasteiger partial charge in [0.05, 0.1) is 21.0 Å². The van der Waals surface area contributed by atoms with E-state index in [0.717, 1.165) is 31.2 Å². The van der Waals surface area contributed by atoms with Crippen molar-refractivity contribution in [3.63, 3.8) is 0 Å². The highest BCUT2D eigenvalue weighted by atomic mass is 35.5. The van der Waals surface area contributed by atoms with E-state index in [-0.39, 0.29) is 35.9 Å². The summed E-state index contributed by atoms with van der Waals surface area (Å²) in [5.41, 5.74) is 1.45. The van der Waals surface area contributed by atoms with Crippen LogP contribution in [0.2, 0.25) is 10.0 Å². The molecule has 1 aliphatic carbocycles. The van der Waals surface area contributed by atoms with Gasteiger partial charge >= 0.3 is 0 Å². The van der Waals surface area contributed by atoms with E-state index in [2.05, 4.69) is 16.0 Å². The van der Waals surface area contributed by atoms with Crippen molar-refractivity contribution >= 4 is 46.6 Å². The van der Waals surface area contributed by atoms with Crippen LogP contribution in [0.1, 0.15) is 54.9 Å². The summed E-state index contributed by atoms with van der Waals surface area (Å²) < 4.78 is 4.84. The smallest absolute Gasteiger partial charge is 0.258 e. The van der Waals surface area contributed by atoms with Gasteiger partial charge in [0.25, 0.3) is 5.91 Å². The molecule has 1 aliphatic rings. The Balaban J connectivity index is 1.53. The SMILES string of the molecule is COCC(=O)NCCC1(C(=O)NC(C)Cc2ccc(NC(=O)c3c(Cl)cccc3Cl)cc2)CCCC1. The number of ether oxygens (including phenoxy) is 1. The third-order valence-electron chi connectivity index (χ3n) is 6.56. The minimum Gasteiger partial charge on any atom is -0.375 e. The first kappa shape index (κ1) is 28.0. The molecule has 2 aromatic carbocycles. The van der Waals surface area contributed by atoms with Crippen molar-refractivity contribution in [3.8, 4) is 0 Å². The zero-order valence-corrected chi connectivity index (χ0v) is 22.2. The van der Waals surface area contributed by atoms with E-state index in [9.17, 15) is 14.4 Å². The van der Waals surface area contributed by atoms with Gasteiger partial charge in [0.15, 0.2) is 0 Å². The van der Waals surface area contributed by atoms with Crippen LogP contribution in [-0.2, 0) is 20.7 Å². The maximum Gasteiger partial charge on any atom is 0.258 e. The third kappa shape index (κ3) is 7.45. The molecule has 2 aromatic rings. The summed E-state index contributed by atoms with van der Waals surface area (Å²) in [6, 6.07) is 12.3.